The molecule has 0 aliphatic rings. The number of ether oxygens (including phenoxy) is 1. The number of carbonyl (C=O) groups excluding carboxylic acids is 1. The molecule has 2 aromatic heterocycles. The third-order valence-electron chi connectivity index (χ3n) is 2.10. The van der Waals surface area contributed by atoms with Gasteiger partial charge in [0.05, 0.1) is 18.3 Å². The van der Waals surface area contributed by atoms with Crippen molar-refractivity contribution in [2.24, 2.45) is 0 Å². The van der Waals surface area contributed by atoms with E-state index in [1.54, 1.807) is 10.6 Å². The van der Waals surface area contributed by atoms with Crippen LogP contribution in [0.25, 0.3) is 5.52 Å². The number of rotatable bonds is 1. The van der Waals surface area contributed by atoms with Crippen molar-refractivity contribution >= 4 is 11.5 Å². The van der Waals surface area contributed by atoms with Gasteiger partial charge in [-0.05, 0) is 19.1 Å². The third-order valence-corrected chi connectivity index (χ3v) is 2.10. The summed E-state index contributed by atoms with van der Waals surface area (Å²) in [5.41, 5.74) is 1.75. The summed E-state index contributed by atoms with van der Waals surface area (Å²) in [5.74, 6) is -0.0973. The standard InChI is InChI=1S/C10H10N2O2/c1-7-8-5-3-4-6-12(8)9(11-7)10(13)14-2/h3-6H,1-2H3. The Hall–Kier alpha value is -1.84. The molecular formula is C10H10N2O2. The predicted octanol–water partition coefficient (Wildman–Crippen LogP) is 1.43. The Labute approximate surface area is 81.1 Å². The van der Waals surface area contributed by atoms with Crippen molar-refractivity contribution in [3.63, 3.8) is 0 Å². The van der Waals surface area contributed by atoms with Crippen molar-refractivity contribution < 1.29 is 9.53 Å². The van der Waals surface area contributed by atoms with Crippen LogP contribution in [0.2, 0.25) is 0 Å². The van der Waals surface area contributed by atoms with Gasteiger partial charge in [-0.15, -0.1) is 0 Å². The van der Waals surface area contributed by atoms with E-state index >= 15 is 0 Å². The number of imidazole rings is 1. The van der Waals surface area contributed by atoms with Gasteiger partial charge >= 0.3 is 5.97 Å². The van der Waals surface area contributed by atoms with Crippen LogP contribution in [-0.4, -0.2) is 22.5 Å². The summed E-state index contributed by atoms with van der Waals surface area (Å²) in [7, 11) is 1.35. The lowest BCUT2D eigenvalue weighted by Gasteiger charge is -1.97. The van der Waals surface area contributed by atoms with Crippen LogP contribution in [0.4, 0.5) is 0 Å². The van der Waals surface area contributed by atoms with Gasteiger partial charge in [0.25, 0.3) is 0 Å². The molecule has 0 bridgehead atoms. The number of aryl methyl sites for hydroxylation is 1. The highest BCUT2D eigenvalue weighted by molar-refractivity contribution is 5.87. The van der Waals surface area contributed by atoms with Crippen molar-refractivity contribution in [2.75, 3.05) is 7.11 Å². The maximum Gasteiger partial charge on any atom is 0.374 e. The van der Waals surface area contributed by atoms with Crippen LogP contribution in [0, 0.1) is 6.92 Å². The van der Waals surface area contributed by atoms with Gasteiger partial charge < -0.3 is 4.74 Å². The quantitative estimate of drug-likeness (QED) is 0.639. The second kappa shape index (κ2) is 3.14. The summed E-state index contributed by atoms with van der Waals surface area (Å²) < 4.78 is 6.36. The smallest absolute Gasteiger partial charge is 0.374 e. The summed E-state index contributed by atoms with van der Waals surface area (Å²) >= 11 is 0. The molecule has 0 saturated carbocycles. The lowest BCUT2D eigenvalue weighted by atomic mass is 10.3. The van der Waals surface area contributed by atoms with Gasteiger partial charge in [0, 0.05) is 6.20 Å². The van der Waals surface area contributed by atoms with E-state index < -0.39 is 5.97 Å². The first-order valence-electron chi connectivity index (χ1n) is 4.26. The van der Waals surface area contributed by atoms with Crippen molar-refractivity contribution in [1.82, 2.24) is 9.38 Å². The van der Waals surface area contributed by atoms with Crippen LogP contribution < -0.4 is 0 Å². The Morgan fingerprint density at radius 3 is 3.00 bits per heavy atom. The number of carbonyl (C=O) groups is 1. The lowest BCUT2D eigenvalue weighted by molar-refractivity contribution is 0.0586. The number of nitrogens with zero attached hydrogens (tertiary/aromatic N) is 2. The minimum Gasteiger partial charge on any atom is -0.463 e. The number of pyridine rings is 1. The minimum absolute atomic E-state index is 0.320. The van der Waals surface area contributed by atoms with Crippen LogP contribution in [0.1, 0.15) is 16.3 Å². The molecule has 0 unspecified atom stereocenters. The molecule has 0 N–H and O–H groups in total. The largest absolute Gasteiger partial charge is 0.463 e. The van der Waals surface area contributed by atoms with Gasteiger partial charge in [0.1, 0.15) is 0 Å². The SMILES string of the molecule is COC(=O)c1nc(C)c2ccccn12. The van der Waals surface area contributed by atoms with E-state index in [0.717, 1.165) is 11.2 Å². The van der Waals surface area contributed by atoms with E-state index in [-0.39, 0.29) is 0 Å². The second-order valence-corrected chi connectivity index (χ2v) is 2.97. The van der Waals surface area contributed by atoms with Crippen molar-refractivity contribution in [3.05, 3.63) is 35.9 Å². The monoisotopic (exact) mass is 190 g/mol. The topological polar surface area (TPSA) is 43.6 Å². The number of fused-ring (bicyclic) bond motifs is 1. The maximum atomic E-state index is 11.3. The van der Waals surface area contributed by atoms with E-state index in [1.165, 1.54) is 7.11 Å². The van der Waals surface area contributed by atoms with E-state index in [0.29, 0.717) is 5.82 Å². The molecular weight excluding hydrogens is 180 g/mol. The van der Waals surface area contributed by atoms with E-state index in [9.17, 15) is 4.79 Å². The highest BCUT2D eigenvalue weighted by Gasteiger charge is 2.14. The zero-order valence-electron chi connectivity index (χ0n) is 8.02. The van der Waals surface area contributed by atoms with E-state index in [4.69, 9.17) is 0 Å². The normalized spacial score (nSPS) is 10.4. The summed E-state index contributed by atoms with van der Waals surface area (Å²) in [4.78, 5) is 15.5. The fourth-order valence-corrected chi connectivity index (χ4v) is 1.43. The average molecular weight is 190 g/mol. The molecule has 0 aliphatic carbocycles. The van der Waals surface area contributed by atoms with E-state index in [2.05, 4.69) is 9.72 Å². The zero-order valence-corrected chi connectivity index (χ0v) is 8.02. The molecule has 2 rings (SSSR count). The number of hydrogen-bond acceptors (Lipinski definition) is 3. The van der Waals surface area contributed by atoms with Crippen LogP contribution in [0.5, 0.6) is 0 Å². The van der Waals surface area contributed by atoms with E-state index in [1.807, 2.05) is 25.1 Å². The molecule has 0 spiro atoms. The fraction of sp³-hybridized carbons (Fsp3) is 0.200. The van der Waals surface area contributed by atoms with Gasteiger partial charge in [0.2, 0.25) is 5.82 Å². The molecule has 2 aromatic rings. The molecule has 72 valence electrons. The first kappa shape index (κ1) is 8.74. The summed E-state index contributed by atoms with van der Waals surface area (Å²) in [6.07, 6.45) is 1.79. The van der Waals surface area contributed by atoms with Crippen molar-refractivity contribution in [1.29, 1.82) is 0 Å². The van der Waals surface area contributed by atoms with Crippen LogP contribution in [0.15, 0.2) is 24.4 Å². The minimum atomic E-state index is -0.417. The summed E-state index contributed by atoms with van der Waals surface area (Å²) in [5, 5.41) is 0. The van der Waals surface area contributed by atoms with Crippen LogP contribution in [0.3, 0.4) is 0 Å². The Morgan fingerprint density at radius 2 is 2.29 bits per heavy atom. The Balaban J connectivity index is 2.72. The highest BCUT2D eigenvalue weighted by Crippen LogP contribution is 2.12. The average Bonchev–Trinajstić information content (AvgIpc) is 2.56. The van der Waals surface area contributed by atoms with Gasteiger partial charge in [-0.1, -0.05) is 6.07 Å². The Bertz CT molecular complexity index is 488. The molecule has 4 heteroatoms. The summed E-state index contributed by atoms with van der Waals surface area (Å²) in [6, 6.07) is 5.67. The first-order valence-corrected chi connectivity index (χ1v) is 4.26. The lowest BCUT2D eigenvalue weighted by Crippen LogP contribution is -2.06. The molecule has 14 heavy (non-hydrogen) atoms. The number of methoxy groups -OCH3 is 1. The summed E-state index contributed by atoms with van der Waals surface area (Å²) in [6.45, 7) is 1.86. The third kappa shape index (κ3) is 1.16. The van der Waals surface area contributed by atoms with Crippen molar-refractivity contribution in [3.8, 4) is 0 Å². The molecule has 0 saturated heterocycles. The Morgan fingerprint density at radius 1 is 1.50 bits per heavy atom. The zero-order chi connectivity index (χ0) is 10.1. The molecule has 0 radical (unpaired) electrons. The highest BCUT2D eigenvalue weighted by atomic mass is 16.5. The molecule has 0 atom stereocenters. The first-order chi connectivity index (χ1) is 6.74. The predicted molar refractivity (Wildman–Crippen MR) is 51.3 cm³/mol. The fourth-order valence-electron chi connectivity index (χ4n) is 1.43. The van der Waals surface area contributed by atoms with Gasteiger partial charge in [0.15, 0.2) is 0 Å². The van der Waals surface area contributed by atoms with Crippen molar-refractivity contribution in [2.45, 2.75) is 6.92 Å². The van der Waals surface area contributed by atoms with Gasteiger partial charge in [-0.2, -0.15) is 0 Å². The second-order valence-electron chi connectivity index (χ2n) is 2.97. The number of esters is 1. The molecule has 0 amide bonds. The molecule has 0 aromatic carbocycles. The number of aromatic nitrogens is 2. The van der Waals surface area contributed by atoms with Gasteiger partial charge in [-0.3, -0.25) is 4.40 Å². The van der Waals surface area contributed by atoms with Gasteiger partial charge in [-0.25, -0.2) is 9.78 Å². The Kier molecular flexibility index (Phi) is 1.96. The molecule has 0 aliphatic heterocycles. The van der Waals surface area contributed by atoms with Crippen LogP contribution in [-0.2, 0) is 4.74 Å². The maximum absolute atomic E-state index is 11.3. The van der Waals surface area contributed by atoms with Crippen LogP contribution >= 0.6 is 0 Å². The molecule has 0 fully saturated rings. The number of hydrogen-bond donors (Lipinski definition) is 0. The molecule has 4 nitrogen and oxygen atoms in total. The molecule has 2 heterocycles.